The van der Waals surface area contributed by atoms with Gasteiger partial charge in [-0.3, -0.25) is 0 Å². The van der Waals surface area contributed by atoms with Crippen LogP contribution in [0.5, 0.6) is 11.5 Å². The van der Waals surface area contributed by atoms with Gasteiger partial charge in [0.25, 0.3) is 0 Å². The van der Waals surface area contributed by atoms with E-state index in [9.17, 15) is 5.11 Å². The van der Waals surface area contributed by atoms with E-state index < -0.39 is 0 Å². The Morgan fingerprint density at radius 1 is 0.947 bits per heavy atom. The van der Waals surface area contributed by atoms with Crippen LogP contribution in [0, 0.1) is 0 Å². The fraction of sp³-hybridized carbons (Fsp3) is 0.294. The summed E-state index contributed by atoms with van der Waals surface area (Å²) in [7, 11) is 1.67. The third kappa shape index (κ3) is 2.90. The molecular weight excluding hydrogens is 236 g/mol. The summed E-state index contributed by atoms with van der Waals surface area (Å²) >= 11 is 0. The van der Waals surface area contributed by atoms with Crippen LogP contribution in [0.3, 0.4) is 0 Å². The van der Waals surface area contributed by atoms with E-state index in [2.05, 4.69) is 26.8 Å². The van der Waals surface area contributed by atoms with E-state index in [0.29, 0.717) is 0 Å². The number of phenolic OH excluding ortho intramolecular Hbond substituents is 1. The van der Waals surface area contributed by atoms with Crippen molar-refractivity contribution in [2.75, 3.05) is 7.11 Å². The van der Waals surface area contributed by atoms with Gasteiger partial charge >= 0.3 is 0 Å². The van der Waals surface area contributed by atoms with Crippen LogP contribution in [0.15, 0.2) is 42.5 Å². The molecule has 0 saturated heterocycles. The summed E-state index contributed by atoms with van der Waals surface area (Å²) in [5.41, 5.74) is 3.55. The van der Waals surface area contributed by atoms with Gasteiger partial charge in [-0.2, -0.15) is 0 Å². The summed E-state index contributed by atoms with van der Waals surface area (Å²) in [4.78, 5) is 0. The van der Waals surface area contributed by atoms with Crippen molar-refractivity contribution in [2.45, 2.75) is 26.2 Å². The summed E-state index contributed by atoms with van der Waals surface area (Å²) in [5, 5.41) is 9.41. The highest BCUT2D eigenvalue weighted by Crippen LogP contribution is 2.35. The van der Waals surface area contributed by atoms with Crippen LogP contribution in [0.2, 0.25) is 0 Å². The first-order valence-corrected chi connectivity index (χ1v) is 6.40. The maximum Gasteiger partial charge on any atom is 0.119 e. The van der Waals surface area contributed by atoms with Crippen LogP contribution < -0.4 is 4.74 Å². The highest BCUT2D eigenvalue weighted by atomic mass is 16.5. The van der Waals surface area contributed by atoms with Crippen molar-refractivity contribution in [3.8, 4) is 22.6 Å². The van der Waals surface area contributed by atoms with Gasteiger partial charge in [0.15, 0.2) is 0 Å². The normalized spacial score (nSPS) is 11.4. The minimum atomic E-state index is 0.0551. The summed E-state index contributed by atoms with van der Waals surface area (Å²) in [6.07, 6.45) is 0. The van der Waals surface area contributed by atoms with Gasteiger partial charge in [-0.05, 0) is 46.4 Å². The average molecular weight is 256 g/mol. The lowest BCUT2D eigenvalue weighted by Crippen LogP contribution is -2.12. The van der Waals surface area contributed by atoms with Gasteiger partial charge < -0.3 is 9.84 Å². The van der Waals surface area contributed by atoms with Crippen LogP contribution in [-0.4, -0.2) is 12.2 Å². The highest BCUT2D eigenvalue weighted by molar-refractivity contribution is 5.71. The number of benzene rings is 2. The van der Waals surface area contributed by atoms with Crippen molar-refractivity contribution in [2.24, 2.45) is 0 Å². The van der Waals surface area contributed by atoms with Gasteiger partial charge in [-0.25, -0.2) is 0 Å². The molecule has 0 aromatic heterocycles. The number of hydrogen-bond donors (Lipinski definition) is 1. The number of phenols is 1. The molecule has 0 amide bonds. The average Bonchev–Trinajstić information content (AvgIpc) is 2.38. The van der Waals surface area contributed by atoms with Gasteiger partial charge in [-0.1, -0.05) is 39.0 Å². The second-order valence-electron chi connectivity index (χ2n) is 5.71. The second-order valence-corrected chi connectivity index (χ2v) is 5.71. The number of aromatic hydroxyl groups is 1. The largest absolute Gasteiger partial charge is 0.508 e. The molecule has 1 N–H and O–H groups in total. The van der Waals surface area contributed by atoms with Crippen molar-refractivity contribution in [3.63, 3.8) is 0 Å². The third-order valence-corrected chi connectivity index (χ3v) is 3.21. The molecule has 0 heterocycles. The van der Waals surface area contributed by atoms with Crippen LogP contribution in [0.25, 0.3) is 11.1 Å². The van der Waals surface area contributed by atoms with Gasteiger partial charge in [0.1, 0.15) is 11.5 Å². The molecular formula is C17H20O2. The minimum absolute atomic E-state index is 0.0551. The minimum Gasteiger partial charge on any atom is -0.508 e. The summed E-state index contributed by atoms with van der Waals surface area (Å²) in [6.45, 7) is 6.58. The van der Waals surface area contributed by atoms with E-state index in [-0.39, 0.29) is 11.2 Å². The molecule has 2 heteroatoms. The molecule has 0 spiro atoms. The van der Waals surface area contributed by atoms with E-state index in [1.165, 1.54) is 5.56 Å². The number of hydrogen-bond acceptors (Lipinski definition) is 2. The molecule has 0 radical (unpaired) electrons. The molecule has 0 fully saturated rings. The Morgan fingerprint density at radius 3 is 2.11 bits per heavy atom. The number of methoxy groups -OCH3 is 1. The van der Waals surface area contributed by atoms with E-state index in [1.807, 2.05) is 24.3 Å². The molecule has 0 atom stereocenters. The van der Waals surface area contributed by atoms with Crippen molar-refractivity contribution in [1.82, 2.24) is 0 Å². The van der Waals surface area contributed by atoms with Crippen molar-refractivity contribution >= 4 is 0 Å². The summed E-state index contributed by atoms with van der Waals surface area (Å²) in [6, 6.07) is 13.4. The van der Waals surface area contributed by atoms with Crippen LogP contribution >= 0.6 is 0 Å². The Labute approximate surface area is 114 Å². The van der Waals surface area contributed by atoms with Gasteiger partial charge in [-0.15, -0.1) is 0 Å². The fourth-order valence-electron chi connectivity index (χ4n) is 2.18. The van der Waals surface area contributed by atoms with Crippen molar-refractivity contribution in [1.29, 1.82) is 0 Å². The van der Waals surface area contributed by atoms with Crippen LogP contribution in [-0.2, 0) is 5.41 Å². The quantitative estimate of drug-likeness (QED) is 0.864. The lowest BCUT2D eigenvalue weighted by Gasteiger charge is -2.23. The predicted molar refractivity (Wildman–Crippen MR) is 78.8 cm³/mol. The SMILES string of the molecule is COc1ccc(C(C)(C)C)c(-c2ccc(O)cc2)c1. The molecule has 19 heavy (non-hydrogen) atoms. The standard InChI is InChI=1S/C17H20O2/c1-17(2,3)16-10-9-14(19-4)11-15(16)12-5-7-13(18)8-6-12/h5-11,18H,1-4H3. The molecule has 0 aliphatic carbocycles. The van der Waals surface area contributed by atoms with Crippen LogP contribution in [0.1, 0.15) is 26.3 Å². The zero-order valence-electron chi connectivity index (χ0n) is 11.9. The van der Waals surface area contributed by atoms with Gasteiger partial charge in [0, 0.05) is 0 Å². The zero-order valence-corrected chi connectivity index (χ0v) is 11.9. The number of rotatable bonds is 2. The monoisotopic (exact) mass is 256 g/mol. The first kappa shape index (κ1) is 13.5. The molecule has 100 valence electrons. The smallest absolute Gasteiger partial charge is 0.119 e. The van der Waals surface area contributed by atoms with E-state index in [1.54, 1.807) is 19.2 Å². The van der Waals surface area contributed by atoms with Gasteiger partial charge in [0.05, 0.1) is 7.11 Å². The first-order valence-electron chi connectivity index (χ1n) is 6.40. The zero-order chi connectivity index (χ0) is 14.0. The maximum atomic E-state index is 9.41. The Bertz CT molecular complexity index is 563. The Balaban J connectivity index is 2.61. The fourth-order valence-corrected chi connectivity index (χ4v) is 2.18. The molecule has 2 rings (SSSR count). The Hall–Kier alpha value is -1.96. The molecule has 2 aromatic carbocycles. The molecule has 2 aromatic rings. The maximum absolute atomic E-state index is 9.41. The van der Waals surface area contributed by atoms with Crippen LogP contribution in [0.4, 0.5) is 0 Å². The van der Waals surface area contributed by atoms with E-state index >= 15 is 0 Å². The Morgan fingerprint density at radius 2 is 1.58 bits per heavy atom. The van der Waals surface area contributed by atoms with Gasteiger partial charge in [0.2, 0.25) is 0 Å². The molecule has 0 aliphatic rings. The van der Waals surface area contributed by atoms with Crippen molar-refractivity contribution < 1.29 is 9.84 Å². The molecule has 2 nitrogen and oxygen atoms in total. The highest BCUT2D eigenvalue weighted by Gasteiger charge is 2.19. The predicted octanol–water partition coefficient (Wildman–Crippen LogP) is 4.37. The molecule has 0 aliphatic heterocycles. The molecule has 0 saturated carbocycles. The lowest BCUT2D eigenvalue weighted by molar-refractivity contribution is 0.414. The third-order valence-electron chi connectivity index (χ3n) is 3.21. The molecule has 0 unspecified atom stereocenters. The Kier molecular flexibility index (Phi) is 3.52. The van der Waals surface area contributed by atoms with E-state index in [4.69, 9.17) is 4.74 Å². The lowest BCUT2D eigenvalue weighted by atomic mass is 9.82. The molecule has 0 bridgehead atoms. The second kappa shape index (κ2) is 4.96. The summed E-state index contributed by atoms with van der Waals surface area (Å²) < 4.78 is 5.32. The topological polar surface area (TPSA) is 29.5 Å². The van der Waals surface area contributed by atoms with E-state index in [0.717, 1.165) is 16.9 Å². The van der Waals surface area contributed by atoms with Crippen molar-refractivity contribution in [3.05, 3.63) is 48.0 Å². The summed E-state index contributed by atoms with van der Waals surface area (Å²) in [5.74, 6) is 1.13. The number of ether oxygens (including phenoxy) is 1. The first-order chi connectivity index (χ1) is 8.91.